The zero-order valence-electron chi connectivity index (χ0n) is 11.1. The van der Waals surface area contributed by atoms with Crippen molar-refractivity contribution >= 4 is 0 Å². The molecule has 1 atom stereocenters. The minimum atomic E-state index is -2.50. The lowest BCUT2D eigenvalue weighted by Crippen LogP contribution is -2.50. The van der Waals surface area contributed by atoms with Crippen LogP contribution in [0.25, 0.3) is 0 Å². The van der Waals surface area contributed by atoms with Gasteiger partial charge in [-0.3, -0.25) is 0 Å². The van der Waals surface area contributed by atoms with Gasteiger partial charge in [-0.25, -0.2) is 8.78 Å². The highest BCUT2D eigenvalue weighted by Crippen LogP contribution is 2.21. The summed E-state index contributed by atoms with van der Waals surface area (Å²) in [6, 6.07) is 9.27. The average Bonchev–Trinajstić information content (AvgIpc) is 2.43. The van der Waals surface area contributed by atoms with Crippen molar-refractivity contribution in [2.45, 2.75) is 25.3 Å². The van der Waals surface area contributed by atoms with E-state index >= 15 is 0 Å². The summed E-state index contributed by atoms with van der Waals surface area (Å²) >= 11 is 0. The molecular weight excluding hydrogens is 252 g/mol. The highest BCUT2D eigenvalue weighted by atomic mass is 19.3. The molecule has 0 saturated carbocycles. The predicted molar refractivity (Wildman–Crippen MR) is 70.3 cm³/mol. The minimum absolute atomic E-state index is 0.0118. The molecule has 0 radical (unpaired) electrons. The second-order valence-electron chi connectivity index (χ2n) is 4.44. The molecule has 2 N–H and O–H groups in total. The van der Waals surface area contributed by atoms with Gasteiger partial charge < -0.3 is 15.2 Å². The maximum absolute atomic E-state index is 12.2. The van der Waals surface area contributed by atoms with Crippen LogP contribution in [0.1, 0.15) is 18.9 Å². The largest absolute Gasteiger partial charge is 0.394 e. The smallest absolute Gasteiger partial charge is 0.261 e. The Morgan fingerprint density at radius 1 is 1.32 bits per heavy atom. The Bertz CT molecular complexity index is 349. The molecule has 1 unspecified atom stereocenters. The standard InChI is InChI=1S/C14H21F2NO2/c1-2-8-17-14(10-18,11-19-9-13(15)16)12-6-4-3-5-7-12/h3-7,13,17-18H,2,8-11H2,1H3. The molecule has 5 heteroatoms. The zero-order valence-corrected chi connectivity index (χ0v) is 11.1. The van der Waals surface area contributed by atoms with Crippen LogP contribution in [0.2, 0.25) is 0 Å². The van der Waals surface area contributed by atoms with Crippen molar-refractivity contribution in [3.63, 3.8) is 0 Å². The van der Waals surface area contributed by atoms with Gasteiger partial charge in [-0.05, 0) is 18.5 Å². The van der Waals surface area contributed by atoms with E-state index in [4.69, 9.17) is 4.74 Å². The fourth-order valence-electron chi connectivity index (χ4n) is 1.87. The predicted octanol–water partition coefficient (Wildman–Crippen LogP) is 2.16. The van der Waals surface area contributed by atoms with E-state index in [1.54, 1.807) is 0 Å². The van der Waals surface area contributed by atoms with E-state index in [2.05, 4.69) is 5.32 Å². The first-order chi connectivity index (χ1) is 9.14. The van der Waals surface area contributed by atoms with Gasteiger partial charge >= 0.3 is 0 Å². The van der Waals surface area contributed by atoms with E-state index in [-0.39, 0.29) is 13.2 Å². The summed E-state index contributed by atoms with van der Waals surface area (Å²) in [7, 11) is 0. The van der Waals surface area contributed by atoms with Gasteiger partial charge in [0.25, 0.3) is 6.43 Å². The van der Waals surface area contributed by atoms with Crippen molar-refractivity contribution in [2.75, 3.05) is 26.4 Å². The Balaban J connectivity index is 2.81. The summed E-state index contributed by atoms with van der Waals surface area (Å²) in [5.74, 6) is 0. The fraction of sp³-hybridized carbons (Fsp3) is 0.571. The van der Waals surface area contributed by atoms with Crippen LogP contribution in [0.5, 0.6) is 0 Å². The maximum atomic E-state index is 12.2. The van der Waals surface area contributed by atoms with Crippen LogP contribution in [-0.4, -0.2) is 37.9 Å². The van der Waals surface area contributed by atoms with E-state index in [1.807, 2.05) is 37.3 Å². The van der Waals surface area contributed by atoms with Gasteiger partial charge in [0.15, 0.2) is 0 Å². The molecule has 0 spiro atoms. The Labute approximate surface area is 112 Å². The number of hydrogen-bond donors (Lipinski definition) is 2. The monoisotopic (exact) mass is 273 g/mol. The second kappa shape index (κ2) is 8.19. The summed E-state index contributed by atoms with van der Waals surface area (Å²) < 4.78 is 29.4. The topological polar surface area (TPSA) is 41.5 Å². The molecule has 0 saturated heterocycles. The highest BCUT2D eigenvalue weighted by molar-refractivity contribution is 5.25. The van der Waals surface area contributed by atoms with E-state index in [1.165, 1.54) is 0 Å². The van der Waals surface area contributed by atoms with Crippen LogP contribution in [-0.2, 0) is 10.3 Å². The van der Waals surface area contributed by atoms with E-state index in [9.17, 15) is 13.9 Å². The van der Waals surface area contributed by atoms with Crippen molar-refractivity contribution in [1.29, 1.82) is 0 Å². The first kappa shape index (κ1) is 16.0. The second-order valence-corrected chi connectivity index (χ2v) is 4.44. The van der Waals surface area contributed by atoms with Crippen LogP contribution in [0.3, 0.4) is 0 Å². The molecule has 1 rings (SSSR count). The number of ether oxygens (including phenoxy) is 1. The molecule has 0 aliphatic carbocycles. The number of aliphatic hydroxyl groups is 1. The number of aliphatic hydroxyl groups excluding tert-OH is 1. The van der Waals surface area contributed by atoms with Crippen molar-refractivity contribution < 1.29 is 18.6 Å². The summed E-state index contributed by atoms with van der Waals surface area (Å²) in [5, 5.41) is 12.9. The molecule has 0 aromatic heterocycles. The number of benzene rings is 1. The normalized spacial score (nSPS) is 14.6. The molecule has 0 amide bonds. The van der Waals surface area contributed by atoms with Crippen LogP contribution in [0.15, 0.2) is 30.3 Å². The average molecular weight is 273 g/mol. The molecule has 19 heavy (non-hydrogen) atoms. The van der Waals surface area contributed by atoms with E-state index in [0.717, 1.165) is 12.0 Å². The van der Waals surface area contributed by atoms with Crippen LogP contribution < -0.4 is 5.32 Å². The summed E-state index contributed by atoms with van der Waals surface area (Å²) in [5.41, 5.74) is 0.00631. The molecule has 0 bridgehead atoms. The highest BCUT2D eigenvalue weighted by Gasteiger charge is 2.31. The Kier molecular flexibility index (Phi) is 6.91. The van der Waals surface area contributed by atoms with Gasteiger partial charge in [0.2, 0.25) is 0 Å². The van der Waals surface area contributed by atoms with Gasteiger partial charge in [-0.15, -0.1) is 0 Å². The first-order valence-electron chi connectivity index (χ1n) is 6.42. The molecule has 0 heterocycles. The molecule has 0 fully saturated rings. The van der Waals surface area contributed by atoms with Gasteiger partial charge in [-0.2, -0.15) is 0 Å². The van der Waals surface area contributed by atoms with E-state index in [0.29, 0.717) is 6.54 Å². The maximum Gasteiger partial charge on any atom is 0.261 e. The lowest BCUT2D eigenvalue weighted by atomic mass is 9.91. The molecule has 3 nitrogen and oxygen atoms in total. The Morgan fingerprint density at radius 3 is 2.53 bits per heavy atom. The minimum Gasteiger partial charge on any atom is -0.394 e. The van der Waals surface area contributed by atoms with Crippen molar-refractivity contribution in [2.24, 2.45) is 0 Å². The third kappa shape index (κ3) is 4.86. The molecule has 108 valence electrons. The summed E-state index contributed by atoms with van der Waals surface area (Å²) in [6.45, 7) is 1.86. The molecule has 1 aromatic rings. The number of alkyl halides is 2. The van der Waals surface area contributed by atoms with Crippen molar-refractivity contribution in [1.82, 2.24) is 5.32 Å². The summed E-state index contributed by atoms with van der Waals surface area (Å²) in [4.78, 5) is 0. The van der Waals surface area contributed by atoms with Crippen molar-refractivity contribution in [3.05, 3.63) is 35.9 Å². The van der Waals surface area contributed by atoms with E-state index < -0.39 is 18.6 Å². The van der Waals surface area contributed by atoms with Crippen LogP contribution in [0, 0.1) is 0 Å². The Hall–Kier alpha value is -1.04. The quantitative estimate of drug-likeness (QED) is 0.724. The summed E-state index contributed by atoms with van der Waals surface area (Å²) in [6.07, 6.45) is -1.62. The lowest BCUT2D eigenvalue weighted by molar-refractivity contribution is -0.0220. The van der Waals surface area contributed by atoms with Crippen LogP contribution in [0.4, 0.5) is 8.78 Å². The zero-order chi connectivity index (χ0) is 14.1. The van der Waals surface area contributed by atoms with Gasteiger partial charge in [0.05, 0.1) is 18.8 Å². The lowest BCUT2D eigenvalue weighted by Gasteiger charge is -2.33. The number of halogens is 2. The number of nitrogens with one attached hydrogen (secondary N) is 1. The van der Waals surface area contributed by atoms with Gasteiger partial charge in [0.1, 0.15) is 6.61 Å². The Morgan fingerprint density at radius 2 is 2.00 bits per heavy atom. The molecular formula is C14H21F2NO2. The van der Waals surface area contributed by atoms with Crippen LogP contribution >= 0.6 is 0 Å². The molecule has 0 aliphatic heterocycles. The number of hydrogen-bond acceptors (Lipinski definition) is 3. The van der Waals surface area contributed by atoms with Gasteiger partial charge in [0, 0.05) is 0 Å². The third-order valence-corrected chi connectivity index (χ3v) is 2.90. The molecule has 0 aliphatic rings. The van der Waals surface area contributed by atoms with Crippen molar-refractivity contribution in [3.8, 4) is 0 Å². The van der Waals surface area contributed by atoms with Gasteiger partial charge in [-0.1, -0.05) is 37.3 Å². The SMILES string of the molecule is CCCNC(CO)(COCC(F)F)c1ccccc1. The molecule has 1 aromatic carbocycles. The number of rotatable bonds is 9. The third-order valence-electron chi connectivity index (χ3n) is 2.90. The fourth-order valence-corrected chi connectivity index (χ4v) is 1.87. The first-order valence-corrected chi connectivity index (χ1v) is 6.42.